The number of aliphatic hydroxyl groups is 2. The van der Waals surface area contributed by atoms with Gasteiger partial charge < -0.3 is 38.6 Å². The van der Waals surface area contributed by atoms with E-state index in [4.69, 9.17) is 30.1 Å². The van der Waals surface area contributed by atoms with E-state index in [1.807, 2.05) is 6.07 Å². The first-order valence-electron chi connectivity index (χ1n) is 11.6. The topological polar surface area (TPSA) is 137 Å². The van der Waals surface area contributed by atoms with Crippen molar-refractivity contribution in [3.05, 3.63) is 17.5 Å². The Morgan fingerprint density at radius 2 is 1.91 bits per heavy atom. The number of rotatable bonds is 11. The van der Waals surface area contributed by atoms with Gasteiger partial charge in [-0.3, -0.25) is 4.57 Å². The highest BCUT2D eigenvalue weighted by Gasteiger charge is 2.44. The fraction of sp³-hybridized carbons (Fsp3) is 0.714. The Labute approximate surface area is 203 Å². The predicted molar refractivity (Wildman–Crippen MR) is 126 cm³/mol. The van der Waals surface area contributed by atoms with Crippen LogP contribution in [-0.2, 0) is 23.1 Å². The monoisotopic (exact) mass is 518 g/mol. The molecule has 2 aliphatic rings. The molecule has 0 bridgehead atoms. The highest BCUT2D eigenvalue weighted by molar-refractivity contribution is 7.53. The zero-order chi connectivity index (χ0) is 24.3. The Kier molecular flexibility index (Phi) is 8.48. The molecule has 3 N–H and O–H groups in total. The first kappa shape index (κ1) is 25.8. The van der Waals surface area contributed by atoms with Crippen molar-refractivity contribution in [2.75, 3.05) is 31.5 Å². The van der Waals surface area contributed by atoms with E-state index in [9.17, 15) is 14.8 Å². The highest BCUT2D eigenvalue weighted by Crippen LogP contribution is 2.48. The number of nitrogens with zero attached hydrogens (tertiary/aromatic N) is 3. The molecule has 0 radical (unpaired) electrons. The Hall–Kier alpha value is -1.30. The number of aliphatic hydroxyl groups excluding tert-OH is 2. The van der Waals surface area contributed by atoms with Gasteiger partial charge in [-0.2, -0.15) is 4.98 Å². The molecule has 2 fully saturated rings. The number of hydrogen-bond donors (Lipinski definition) is 3. The van der Waals surface area contributed by atoms with Gasteiger partial charge in [0.25, 0.3) is 0 Å². The van der Waals surface area contributed by atoms with Gasteiger partial charge >= 0.3 is 7.60 Å². The summed E-state index contributed by atoms with van der Waals surface area (Å²) in [4.78, 5) is 8.69. The molecule has 11 nitrogen and oxygen atoms in total. The largest absolute Gasteiger partial charge is 0.387 e. The molecule has 1 saturated carbocycles. The Morgan fingerprint density at radius 1 is 1.21 bits per heavy atom. The van der Waals surface area contributed by atoms with Gasteiger partial charge in [0, 0.05) is 12.2 Å². The van der Waals surface area contributed by atoms with Crippen LogP contribution in [0.4, 0.5) is 5.82 Å². The van der Waals surface area contributed by atoms with E-state index in [0.29, 0.717) is 17.5 Å². The van der Waals surface area contributed by atoms with Crippen molar-refractivity contribution in [3.8, 4) is 0 Å². The average molecular weight is 519 g/mol. The van der Waals surface area contributed by atoms with Gasteiger partial charge in [0.1, 0.15) is 36.1 Å². The maximum absolute atomic E-state index is 12.6. The third kappa shape index (κ3) is 5.57. The van der Waals surface area contributed by atoms with Crippen LogP contribution >= 0.6 is 19.2 Å². The molecule has 0 spiro atoms. The summed E-state index contributed by atoms with van der Waals surface area (Å²) in [5, 5.41) is 25.5. The third-order valence-corrected chi connectivity index (χ3v) is 8.01. The molecule has 0 amide bonds. The molecule has 2 aromatic heterocycles. The second kappa shape index (κ2) is 11.2. The molecule has 0 unspecified atom stereocenters. The quantitative estimate of drug-likeness (QED) is 0.300. The normalized spacial score (nSPS) is 26.0. The molecule has 2 aromatic rings. The second-order valence-electron chi connectivity index (χ2n) is 8.42. The molecule has 3 heterocycles. The summed E-state index contributed by atoms with van der Waals surface area (Å²) >= 11 is 6.20. The van der Waals surface area contributed by atoms with Crippen LogP contribution in [-0.4, -0.2) is 75.3 Å². The van der Waals surface area contributed by atoms with E-state index in [1.54, 1.807) is 24.6 Å². The number of fused-ring (bicyclic) bond motifs is 1. The van der Waals surface area contributed by atoms with Gasteiger partial charge in [-0.25, -0.2) is 4.98 Å². The Bertz CT molecular complexity index is 1010. The summed E-state index contributed by atoms with van der Waals surface area (Å²) in [6, 6.07) is 2.16. The van der Waals surface area contributed by atoms with Crippen LogP contribution in [0.1, 0.15) is 45.8 Å². The number of aromatic nitrogens is 3. The van der Waals surface area contributed by atoms with Gasteiger partial charge in [-0.05, 0) is 44.4 Å². The van der Waals surface area contributed by atoms with Crippen LogP contribution in [0.3, 0.4) is 0 Å². The minimum Gasteiger partial charge on any atom is -0.387 e. The van der Waals surface area contributed by atoms with Crippen molar-refractivity contribution < 1.29 is 33.3 Å². The molecule has 4 rings (SSSR count). The summed E-state index contributed by atoms with van der Waals surface area (Å²) in [5.74, 6) is 0.635. The summed E-state index contributed by atoms with van der Waals surface area (Å²) in [5.41, 5.74) is 0.482. The molecule has 1 saturated heterocycles. The molecule has 0 aromatic carbocycles. The number of nitrogens with one attached hydrogen (secondary N) is 1. The van der Waals surface area contributed by atoms with Crippen LogP contribution in [0.25, 0.3) is 11.0 Å². The van der Waals surface area contributed by atoms with E-state index in [2.05, 4.69) is 15.3 Å². The zero-order valence-corrected chi connectivity index (χ0v) is 21.0. The van der Waals surface area contributed by atoms with E-state index >= 15 is 0 Å². The third-order valence-electron chi connectivity index (χ3n) is 6.04. The first-order valence-corrected chi connectivity index (χ1v) is 13.7. The van der Waals surface area contributed by atoms with Crippen LogP contribution in [0.15, 0.2) is 12.3 Å². The lowest BCUT2D eigenvalue weighted by atomic mass is 10.1. The maximum Gasteiger partial charge on any atom is 0.356 e. The SMILES string of the molecule is CCOP(=O)(COC[C@H]1O[C@@H](n2ccc3c(NC4CCCC4)nc(Cl)nc32)[C@H](O)[C@@H]1O)OCC. The van der Waals surface area contributed by atoms with E-state index in [0.717, 1.165) is 18.2 Å². The van der Waals surface area contributed by atoms with Crippen molar-refractivity contribution in [2.24, 2.45) is 0 Å². The van der Waals surface area contributed by atoms with E-state index < -0.39 is 32.1 Å². The fourth-order valence-corrected chi connectivity index (χ4v) is 5.97. The van der Waals surface area contributed by atoms with Crippen LogP contribution < -0.4 is 5.32 Å². The lowest BCUT2D eigenvalue weighted by molar-refractivity contribution is -0.0616. The number of anilines is 1. The van der Waals surface area contributed by atoms with Crippen LogP contribution in [0.2, 0.25) is 5.28 Å². The van der Waals surface area contributed by atoms with E-state index in [1.165, 1.54) is 12.8 Å². The van der Waals surface area contributed by atoms with Gasteiger partial charge in [-0.1, -0.05) is 12.8 Å². The standard InChI is InChI=1S/C21H32ClN4O7P/c1-3-31-34(29,32-4-2)12-30-11-15-16(27)17(28)20(33-15)26-10-9-14-18(23-13-7-5-6-8-13)24-21(22)25-19(14)26/h9-10,13,15-17,20,27-28H,3-8,11-12H2,1-2H3,(H,23,24,25)/t15-,16-,17-,20-/m1/s1. The molecule has 190 valence electrons. The lowest BCUT2D eigenvalue weighted by Gasteiger charge is -2.19. The minimum atomic E-state index is -3.40. The minimum absolute atomic E-state index is 0.0727. The fourth-order valence-electron chi connectivity index (χ4n) is 4.47. The van der Waals surface area contributed by atoms with Crippen LogP contribution in [0, 0.1) is 0 Å². The number of halogens is 1. The summed E-state index contributed by atoms with van der Waals surface area (Å²) < 4.78 is 36.0. The van der Waals surface area contributed by atoms with Gasteiger partial charge in [0.05, 0.1) is 25.2 Å². The van der Waals surface area contributed by atoms with Crippen molar-refractivity contribution in [1.29, 1.82) is 0 Å². The second-order valence-corrected chi connectivity index (χ2v) is 10.8. The van der Waals surface area contributed by atoms with Gasteiger partial charge in [0.2, 0.25) is 5.28 Å². The first-order chi connectivity index (χ1) is 16.3. The summed E-state index contributed by atoms with van der Waals surface area (Å²) in [7, 11) is -3.40. The molecule has 34 heavy (non-hydrogen) atoms. The predicted octanol–water partition coefficient (Wildman–Crippen LogP) is 3.30. The number of ether oxygens (including phenoxy) is 2. The van der Waals surface area contributed by atoms with Crippen molar-refractivity contribution >= 4 is 36.0 Å². The summed E-state index contributed by atoms with van der Waals surface area (Å²) in [6.07, 6.45) is 1.68. The van der Waals surface area contributed by atoms with Crippen molar-refractivity contribution in [3.63, 3.8) is 0 Å². The molecule has 1 aliphatic carbocycles. The Balaban J connectivity index is 1.47. The lowest BCUT2D eigenvalue weighted by Crippen LogP contribution is -2.34. The van der Waals surface area contributed by atoms with Crippen LogP contribution in [0.5, 0.6) is 0 Å². The van der Waals surface area contributed by atoms with Crippen molar-refractivity contribution in [1.82, 2.24) is 14.5 Å². The smallest absolute Gasteiger partial charge is 0.356 e. The Morgan fingerprint density at radius 3 is 2.59 bits per heavy atom. The molecule has 1 aliphatic heterocycles. The van der Waals surface area contributed by atoms with E-state index in [-0.39, 0.29) is 31.5 Å². The van der Waals surface area contributed by atoms with Crippen molar-refractivity contribution in [2.45, 2.75) is 70.1 Å². The average Bonchev–Trinajstić information content (AvgIpc) is 3.51. The molecule has 4 atom stereocenters. The highest BCUT2D eigenvalue weighted by atomic mass is 35.5. The summed E-state index contributed by atoms with van der Waals surface area (Å²) in [6.45, 7) is 3.74. The molecule has 13 heteroatoms. The molecular weight excluding hydrogens is 487 g/mol. The van der Waals surface area contributed by atoms with Gasteiger partial charge in [0.15, 0.2) is 6.23 Å². The zero-order valence-electron chi connectivity index (χ0n) is 19.3. The maximum atomic E-state index is 12.6. The molecular formula is C21H32ClN4O7P. The van der Waals surface area contributed by atoms with Gasteiger partial charge in [-0.15, -0.1) is 0 Å². The number of hydrogen-bond acceptors (Lipinski definition) is 10.